The van der Waals surface area contributed by atoms with Crippen molar-refractivity contribution in [3.63, 3.8) is 0 Å². The number of hydrogen-bond donors (Lipinski definition) is 2. The second-order valence-corrected chi connectivity index (χ2v) is 7.80. The Morgan fingerprint density at radius 3 is 2.68 bits per heavy atom. The normalized spacial score (nSPS) is 10.5. The molecule has 0 unspecified atom stereocenters. The van der Waals surface area contributed by atoms with Gasteiger partial charge in [-0.3, -0.25) is 4.79 Å². The highest BCUT2D eigenvalue weighted by Gasteiger charge is 2.17. The third kappa shape index (κ3) is 4.74. The van der Waals surface area contributed by atoms with Crippen molar-refractivity contribution in [3.05, 3.63) is 64.5 Å². The molecule has 0 atom stereocenters. The Labute approximate surface area is 172 Å². The van der Waals surface area contributed by atoms with Crippen molar-refractivity contribution in [3.8, 4) is 0 Å². The molecule has 0 fully saturated rings. The van der Waals surface area contributed by atoms with Crippen LogP contribution in [0.3, 0.4) is 0 Å². The van der Waals surface area contributed by atoms with Crippen LogP contribution in [0.2, 0.25) is 0 Å². The van der Waals surface area contributed by atoms with Crippen molar-refractivity contribution in [2.24, 2.45) is 0 Å². The number of anilines is 1. The predicted octanol–water partition coefficient (Wildman–Crippen LogP) is 4.44. The van der Waals surface area contributed by atoms with E-state index in [1.807, 2.05) is 49.4 Å². The zero-order chi connectivity index (χ0) is 20.1. The van der Waals surface area contributed by atoms with Gasteiger partial charge in [-0.2, -0.15) is 0 Å². The summed E-state index contributed by atoms with van der Waals surface area (Å²) in [7, 11) is 0. The Bertz CT molecular complexity index is 1040. The maximum atomic E-state index is 12.5. The molecule has 0 aliphatic rings. The minimum absolute atomic E-state index is 0.151. The molecule has 28 heavy (non-hydrogen) atoms. The maximum Gasteiger partial charge on any atom is 0.341 e. The predicted molar refractivity (Wildman–Crippen MR) is 117 cm³/mol. The van der Waals surface area contributed by atoms with Gasteiger partial charge >= 0.3 is 5.97 Å². The van der Waals surface area contributed by atoms with E-state index in [-0.39, 0.29) is 17.4 Å². The number of rotatable bonds is 5. The summed E-state index contributed by atoms with van der Waals surface area (Å²) in [5.41, 5.74) is 1.34. The molecule has 1 heterocycles. The number of carbonyl (C=O) groups is 2. The third-order valence-electron chi connectivity index (χ3n) is 4.06. The molecule has 7 heteroatoms. The van der Waals surface area contributed by atoms with Gasteiger partial charge in [0.25, 0.3) is 0 Å². The van der Waals surface area contributed by atoms with Crippen LogP contribution in [-0.2, 0) is 16.0 Å². The van der Waals surface area contributed by atoms with E-state index in [1.54, 1.807) is 13.0 Å². The maximum absolute atomic E-state index is 12.5. The molecule has 0 saturated heterocycles. The number of aryl methyl sites for hydroxylation is 1. The Balaban J connectivity index is 1.67. The molecule has 0 aliphatic carbocycles. The molecule has 0 radical (unpaired) electrons. The van der Waals surface area contributed by atoms with E-state index in [1.165, 1.54) is 11.3 Å². The van der Waals surface area contributed by atoms with E-state index in [2.05, 4.69) is 10.6 Å². The van der Waals surface area contributed by atoms with E-state index in [0.29, 0.717) is 17.2 Å². The lowest BCUT2D eigenvalue weighted by atomic mass is 10.0. The number of carbonyl (C=O) groups excluding carboxylic acids is 2. The Hall–Kier alpha value is -2.77. The van der Waals surface area contributed by atoms with Gasteiger partial charge in [-0.15, -0.1) is 11.3 Å². The Morgan fingerprint density at radius 1 is 1.14 bits per heavy atom. The zero-order valence-corrected chi connectivity index (χ0v) is 17.2. The van der Waals surface area contributed by atoms with E-state index >= 15 is 0 Å². The molecule has 2 aromatic carbocycles. The van der Waals surface area contributed by atoms with E-state index < -0.39 is 5.97 Å². The van der Waals surface area contributed by atoms with Crippen molar-refractivity contribution in [1.29, 1.82) is 0 Å². The summed E-state index contributed by atoms with van der Waals surface area (Å²) in [5, 5.41) is 8.46. The average molecular weight is 413 g/mol. The van der Waals surface area contributed by atoms with Crippen LogP contribution in [0, 0.1) is 6.92 Å². The Morgan fingerprint density at radius 2 is 1.89 bits per heavy atom. The molecule has 3 rings (SSSR count). The van der Waals surface area contributed by atoms with E-state index in [4.69, 9.17) is 17.0 Å². The third-order valence-corrected chi connectivity index (χ3v) is 5.23. The minimum Gasteiger partial charge on any atom is -0.462 e. The summed E-state index contributed by atoms with van der Waals surface area (Å²) in [5.74, 6) is -0.640. The lowest BCUT2D eigenvalue weighted by Gasteiger charge is -2.11. The number of nitrogens with one attached hydrogen (secondary N) is 2. The lowest BCUT2D eigenvalue weighted by molar-refractivity contribution is -0.119. The van der Waals surface area contributed by atoms with Crippen molar-refractivity contribution in [2.45, 2.75) is 20.3 Å². The second kappa shape index (κ2) is 8.95. The highest BCUT2D eigenvalue weighted by atomic mass is 32.1. The molecular formula is C21H20N2O3S2. The second-order valence-electron chi connectivity index (χ2n) is 6.14. The number of esters is 1. The van der Waals surface area contributed by atoms with Gasteiger partial charge in [-0.1, -0.05) is 42.5 Å². The molecule has 2 N–H and O–H groups in total. The SMILES string of the molecule is CCOC(=O)c1cc(C)sc1NC(=S)NC(=O)Cc1cccc2ccccc12. The smallest absolute Gasteiger partial charge is 0.341 e. The van der Waals surface area contributed by atoms with Crippen LogP contribution in [0.1, 0.15) is 27.7 Å². The summed E-state index contributed by atoms with van der Waals surface area (Å²) in [4.78, 5) is 25.5. The van der Waals surface area contributed by atoms with Gasteiger partial charge in [-0.05, 0) is 48.5 Å². The molecule has 1 aromatic heterocycles. The molecule has 0 spiro atoms. The van der Waals surface area contributed by atoms with E-state index in [0.717, 1.165) is 21.2 Å². The van der Waals surface area contributed by atoms with E-state index in [9.17, 15) is 9.59 Å². The zero-order valence-electron chi connectivity index (χ0n) is 15.6. The molecule has 5 nitrogen and oxygen atoms in total. The van der Waals surface area contributed by atoms with Crippen molar-refractivity contribution in [1.82, 2.24) is 5.32 Å². The van der Waals surface area contributed by atoms with Gasteiger partial charge in [-0.25, -0.2) is 4.79 Å². The fraction of sp³-hybridized carbons (Fsp3) is 0.190. The summed E-state index contributed by atoms with van der Waals surface area (Å²) < 4.78 is 5.06. The molecule has 1 amide bonds. The largest absolute Gasteiger partial charge is 0.462 e. The number of hydrogen-bond acceptors (Lipinski definition) is 5. The van der Waals surface area contributed by atoms with Crippen molar-refractivity contribution < 1.29 is 14.3 Å². The first kappa shape index (κ1) is 20.0. The van der Waals surface area contributed by atoms with Crippen LogP contribution in [0.4, 0.5) is 5.00 Å². The van der Waals surface area contributed by atoms with Crippen molar-refractivity contribution in [2.75, 3.05) is 11.9 Å². The first-order chi connectivity index (χ1) is 13.5. The highest BCUT2D eigenvalue weighted by Crippen LogP contribution is 2.28. The van der Waals surface area contributed by atoms with Gasteiger partial charge in [0.05, 0.1) is 18.6 Å². The number of thiocarbonyl (C=S) groups is 1. The van der Waals surface area contributed by atoms with Crippen molar-refractivity contribution >= 4 is 56.3 Å². The molecule has 144 valence electrons. The summed E-state index contributed by atoms with van der Waals surface area (Å²) in [6.07, 6.45) is 0.206. The monoisotopic (exact) mass is 412 g/mol. The number of ether oxygens (including phenoxy) is 1. The fourth-order valence-electron chi connectivity index (χ4n) is 2.89. The van der Waals surface area contributed by atoms with Gasteiger partial charge in [0, 0.05) is 4.88 Å². The first-order valence-corrected chi connectivity index (χ1v) is 10.1. The van der Waals surface area contributed by atoms with Gasteiger partial charge in [0.1, 0.15) is 5.00 Å². The summed E-state index contributed by atoms with van der Waals surface area (Å²) in [6.45, 7) is 3.93. The molecule has 3 aromatic rings. The molecular weight excluding hydrogens is 392 g/mol. The van der Waals surface area contributed by atoms with Gasteiger partial charge < -0.3 is 15.4 Å². The number of fused-ring (bicyclic) bond motifs is 1. The van der Waals surface area contributed by atoms with Gasteiger partial charge in [0.2, 0.25) is 5.91 Å². The van der Waals surface area contributed by atoms with Crippen LogP contribution in [0.15, 0.2) is 48.5 Å². The highest BCUT2D eigenvalue weighted by molar-refractivity contribution is 7.80. The number of thiophene rings is 1. The average Bonchev–Trinajstić information content (AvgIpc) is 3.02. The van der Waals surface area contributed by atoms with Crippen LogP contribution in [0.25, 0.3) is 10.8 Å². The topological polar surface area (TPSA) is 67.4 Å². The van der Waals surface area contributed by atoms with Crippen LogP contribution in [0.5, 0.6) is 0 Å². The lowest BCUT2D eigenvalue weighted by Crippen LogP contribution is -2.35. The Kier molecular flexibility index (Phi) is 6.38. The molecule has 0 aliphatic heterocycles. The summed E-state index contributed by atoms with van der Waals surface area (Å²) in [6, 6.07) is 15.5. The number of benzene rings is 2. The summed E-state index contributed by atoms with van der Waals surface area (Å²) >= 11 is 6.64. The fourth-order valence-corrected chi connectivity index (χ4v) is 4.08. The first-order valence-electron chi connectivity index (χ1n) is 8.83. The minimum atomic E-state index is -0.417. The molecule has 0 bridgehead atoms. The van der Waals surface area contributed by atoms with Gasteiger partial charge in [0.15, 0.2) is 5.11 Å². The number of amides is 1. The standard InChI is InChI=1S/C21H20N2O3S2/c1-3-26-20(25)17-11-13(2)28-19(17)23-21(27)22-18(24)12-15-9-6-8-14-7-4-5-10-16(14)15/h4-11H,3,12H2,1-2H3,(H2,22,23,24,27). The van der Waals surface area contributed by atoms with Crippen LogP contribution < -0.4 is 10.6 Å². The van der Waals surface area contributed by atoms with Crippen LogP contribution in [-0.4, -0.2) is 23.6 Å². The van der Waals surface area contributed by atoms with Crippen LogP contribution >= 0.6 is 23.6 Å². The quantitative estimate of drug-likeness (QED) is 0.479. The molecule has 0 saturated carbocycles.